The van der Waals surface area contributed by atoms with Crippen molar-refractivity contribution >= 4 is 38.1 Å². The monoisotopic (exact) mass is 451 g/mol. The van der Waals surface area contributed by atoms with Gasteiger partial charge >= 0.3 is 6.18 Å². The standard InChI is InChI=1S/C20H13ClF3N3O2S/c21-16-5-1-3-13-4-2-6-17(19(13)16)30(28,29)26-14-7-9-15(10-8-14)27-12-11-18(25-27)20(22,23)24/h1-12,26H. The number of anilines is 1. The molecule has 0 saturated carbocycles. The van der Waals surface area contributed by atoms with Gasteiger partial charge in [0.1, 0.15) is 0 Å². The summed E-state index contributed by atoms with van der Waals surface area (Å²) in [7, 11) is -3.96. The Labute approximate surface area is 174 Å². The van der Waals surface area contributed by atoms with Crippen molar-refractivity contribution in [2.45, 2.75) is 11.1 Å². The Morgan fingerprint density at radius 3 is 2.23 bits per heavy atom. The number of nitrogens with zero attached hydrogens (tertiary/aromatic N) is 2. The highest BCUT2D eigenvalue weighted by Crippen LogP contribution is 2.31. The number of halogens is 4. The molecule has 4 aromatic rings. The third kappa shape index (κ3) is 3.86. The van der Waals surface area contributed by atoms with Crippen molar-refractivity contribution in [3.63, 3.8) is 0 Å². The SMILES string of the molecule is O=S(=O)(Nc1ccc(-n2ccc(C(F)(F)F)n2)cc1)c1cccc2cccc(Cl)c12. The lowest BCUT2D eigenvalue weighted by atomic mass is 10.1. The van der Waals surface area contributed by atoms with E-state index in [1.54, 1.807) is 30.3 Å². The molecule has 1 N–H and O–H groups in total. The lowest BCUT2D eigenvalue weighted by Crippen LogP contribution is -2.13. The van der Waals surface area contributed by atoms with Gasteiger partial charge in [-0.2, -0.15) is 18.3 Å². The first-order valence-electron chi connectivity index (χ1n) is 8.58. The zero-order valence-corrected chi connectivity index (χ0v) is 16.6. The number of alkyl halides is 3. The molecule has 0 saturated heterocycles. The van der Waals surface area contributed by atoms with E-state index in [0.717, 1.165) is 10.7 Å². The van der Waals surface area contributed by atoms with Gasteiger partial charge in [-0.05, 0) is 47.9 Å². The van der Waals surface area contributed by atoms with E-state index >= 15 is 0 Å². The average molecular weight is 452 g/mol. The van der Waals surface area contributed by atoms with Gasteiger partial charge in [-0.25, -0.2) is 13.1 Å². The number of fused-ring (bicyclic) bond motifs is 1. The fraction of sp³-hybridized carbons (Fsp3) is 0.0500. The summed E-state index contributed by atoms with van der Waals surface area (Å²) < 4.78 is 67.5. The Hall–Kier alpha value is -3.04. The van der Waals surface area contributed by atoms with Gasteiger partial charge in [0.2, 0.25) is 0 Å². The summed E-state index contributed by atoms with van der Waals surface area (Å²) >= 11 is 6.21. The Morgan fingerprint density at radius 1 is 0.933 bits per heavy atom. The van der Waals surface area contributed by atoms with Crippen LogP contribution in [0.2, 0.25) is 5.02 Å². The molecular weight excluding hydrogens is 439 g/mol. The molecule has 4 rings (SSSR count). The van der Waals surface area contributed by atoms with Gasteiger partial charge in [0, 0.05) is 22.3 Å². The van der Waals surface area contributed by atoms with Crippen molar-refractivity contribution in [1.29, 1.82) is 0 Å². The zero-order chi connectivity index (χ0) is 21.5. The topological polar surface area (TPSA) is 64.0 Å². The smallest absolute Gasteiger partial charge is 0.280 e. The van der Waals surface area contributed by atoms with Gasteiger partial charge in [-0.1, -0.05) is 35.9 Å². The quantitative estimate of drug-likeness (QED) is 0.445. The largest absolute Gasteiger partial charge is 0.435 e. The normalized spacial score (nSPS) is 12.3. The maximum Gasteiger partial charge on any atom is 0.435 e. The third-order valence-corrected chi connectivity index (χ3v) is 6.11. The lowest BCUT2D eigenvalue weighted by Gasteiger charge is -2.12. The third-order valence-electron chi connectivity index (χ3n) is 4.37. The lowest BCUT2D eigenvalue weighted by molar-refractivity contribution is -0.141. The molecule has 1 aromatic heterocycles. The van der Waals surface area contributed by atoms with Gasteiger partial charge in [-0.15, -0.1) is 0 Å². The predicted octanol–water partition coefficient (Wildman–Crippen LogP) is 5.50. The van der Waals surface area contributed by atoms with E-state index in [1.807, 2.05) is 0 Å². The average Bonchev–Trinajstić information content (AvgIpc) is 3.19. The van der Waals surface area contributed by atoms with Crippen LogP contribution in [0, 0.1) is 0 Å². The molecule has 154 valence electrons. The Morgan fingerprint density at radius 2 is 1.60 bits per heavy atom. The molecule has 1 heterocycles. The molecule has 30 heavy (non-hydrogen) atoms. The first-order chi connectivity index (χ1) is 14.1. The first-order valence-corrected chi connectivity index (χ1v) is 10.4. The van der Waals surface area contributed by atoms with Crippen LogP contribution in [-0.4, -0.2) is 18.2 Å². The molecule has 0 bridgehead atoms. The minimum absolute atomic E-state index is 0.0246. The van der Waals surface area contributed by atoms with Crippen molar-refractivity contribution in [2.24, 2.45) is 0 Å². The summed E-state index contributed by atoms with van der Waals surface area (Å²) in [6.45, 7) is 0. The number of nitrogens with one attached hydrogen (secondary N) is 1. The van der Waals surface area contributed by atoms with Gasteiger partial charge in [0.05, 0.1) is 10.6 Å². The van der Waals surface area contributed by atoms with Crippen LogP contribution in [-0.2, 0) is 16.2 Å². The predicted molar refractivity (Wildman–Crippen MR) is 108 cm³/mol. The molecule has 0 atom stereocenters. The summed E-state index contributed by atoms with van der Waals surface area (Å²) in [5.41, 5.74) is -0.423. The van der Waals surface area contributed by atoms with E-state index in [2.05, 4.69) is 9.82 Å². The summed E-state index contributed by atoms with van der Waals surface area (Å²) in [6, 6.07) is 16.6. The van der Waals surface area contributed by atoms with E-state index in [-0.39, 0.29) is 10.6 Å². The van der Waals surface area contributed by atoms with Crippen LogP contribution in [0.4, 0.5) is 18.9 Å². The van der Waals surface area contributed by atoms with Crippen LogP contribution in [0.3, 0.4) is 0 Å². The second-order valence-electron chi connectivity index (χ2n) is 6.39. The highest BCUT2D eigenvalue weighted by molar-refractivity contribution is 7.93. The summed E-state index contributed by atoms with van der Waals surface area (Å²) in [5.74, 6) is 0. The maximum absolute atomic E-state index is 12.9. The van der Waals surface area contributed by atoms with Crippen LogP contribution < -0.4 is 4.72 Å². The molecule has 0 fully saturated rings. The number of hydrogen-bond acceptors (Lipinski definition) is 3. The highest BCUT2D eigenvalue weighted by Gasteiger charge is 2.33. The molecule has 0 spiro atoms. The molecule has 0 amide bonds. The Balaban J connectivity index is 1.63. The van der Waals surface area contributed by atoms with Gasteiger partial charge in [0.15, 0.2) is 5.69 Å². The number of rotatable bonds is 4. The van der Waals surface area contributed by atoms with E-state index in [1.165, 1.54) is 36.5 Å². The number of hydrogen-bond donors (Lipinski definition) is 1. The van der Waals surface area contributed by atoms with Crippen molar-refractivity contribution < 1.29 is 21.6 Å². The minimum Gasteiger partial charge on any atom is -0.280 e. The van der Waals surface area contributed by atoms with Crippen LogP contribution in [0.25, 0.3) is 16.5 Å². The van der Waals surface area contributed by atoms with Gasteiger partial charge < -0.3 is 0 Å². The van der Waals surface area contributed by atoms with Crippen molar-refractivity contribution in [1.82, 2.24) is 9.78 Å². The maximum atomic E-state index is 12.9. The molecule has 0 aliphatic carbocycles. The van der Waals surface area contributed by atoms with E-state index in [9.17, 15) is 21.6 Å². The molecule has 0 aliphatic heterocycles. The number of aromatic nitrogens is 2. The molecule has 3 aromatic carbocycles. The van der Waals surface area contributed by atoms with Crippen molar-refractivity contribution in [3.05, 3.63) is 83.6 Å². The highest BCUT2D eigenvalue weighted by atomic mass is 35.5. The van der Waals surface area contributed by atoms with E-state index in [0.29, 0.717) is 21.5 Å². The number of sulfonamides is 1. The van der Waals surface area contributed by atoms with Crippen LogP contribution in [0.15, 0.2) is 77.8 Å². The van der Waals surface area contributed by atoms with Crippen molar-refractivity contribution in [3.8, 4) is 5.69 Å². The summed E-state index contributed by atoms with van der Waals surface area (Å²) in [4.78, 5) is 0.0246. The molecule has 5 nitrogen and oxygen atoms in total. The molecule has 0 radical (unpaired) electrons. The van der Waals surface area contributed by atoms with E-state index < -0.39 is 21.9 Å². The second-order valence-corrected chi connectivity index (χ2v) is 8.45. The van der Waals surface area contributed by atoms with Crippen LogP contribution >= 0.6 is 11.6 Å². The van der Waals surface area contributed by atoms with Crippen molar-refractivity contribution in [2.75, 3.05) is 4.72 Å². The first kappa shape index (κ1) is 20.2. The van der Waals surface area contributed by atoms with Crippen LogP contribution in [0.1, 0.15) is 5.69 Å². The molecular formula is C20H13ClF3N3O2S. The minimum atomic E-state index is -4.54. The Bertz CT molecular complexity index is 1330. The van der Waals surface area contributed by atoms with Gasteiger partial charge in [-0.3, -0.25) is 4.72 Å². The Kier molecular flexibility index (Phi) is 4.95. The van der Waals surface area contributed by atoms with E-state index in [4.69, 9.17) is 11.6 Å². The summed E-state index contributed by atoms with van der Waals surface area (Å²) in [5, 5.41) is 4.88. The molecule has 0 unspecified atom stereocenters. The molecule has 0 aliphatic rings. The second kappa shape index (κ2) is 7.33. The summed E-state index contributed by atoms with van der Waals surface area (Å²) in [6.07, 6.45) is -3.36. The number of benzene rings is 3. The van der Waals surface area contributed by atoms with Crippen LogP contribution in [0.5, 0.6) is 0 Å². The fourth-order valence-electron chi connectivity index (χ4n) is 3.00. The zero-order valence-electron chi connectivity index (χ0n) is 15.1. The molecule has 10 heteroatoms. The fourth-order valence-corrected chi connectivity index (χ4v) is 4.65. The van der Waals surface area contributed by atoms with Gasteiger partial charge in [0.25, 0.3) is 10.0 Å².